The van der Waals surface area contributed by atoms with Crippen molar-refractivity contribution < 1.29 is 14.6 Å². The highest BCUT2D eigenvalue weighted by Crippen LogP contribution is 2.29. The molecule has 6 nitrogen and oxygen atoms in total. The lowest BCUT2D eigenvalue weighted by Crippen LogP contribution is -2.15. The van der Waals surface area contributed by atoms with Crippen LogP contribution >= 0.6 is 11.6 Å². The topological polar surface area (TPSA) is 96.6 Å². The zero-order valence-corrected chi connectivity index (χ0v) is 18.5. The van der Waals surface area contributed by atoms with E-state index < -0.39 is 6.09 Å². The van der Waals surface area contributed by atoms with Crippen molar-refractivity contribution in [3.8, 4) is 0 Å². The lowest BCUT2D eigenvalue weighted by molar-refractivity contribution is 0.155. The fourth-order valence-electron chi connectivity index (χ4n) is 3.37. The number of aliphatic hydroxyl groups is 1. The number of benzene rings is 3. The van der Waals surface area contributed by atoms with Crippen LogP contribution in [0.4, 0.5) is 16.2 Å². The Morgan fingerprint density at radius 1 is 1.00 bits per heavy atom. The molecule has 1 atom stereocenters. The minimum Gasteiger partial charge on any atom is -0.444 e. The first-order chi connectivity index (χ1) is 15.6. The molecule has 0 saturated heterocycles. The van der Waals surface area contributed by atoms with Crippen LogP contribution < -0.4 is 16.4 Å². The van der Waals surface area contributed by atoms with E-state index in [1.54, 1.807) is 6.07 Å². The molecule has 0 aliphatic carbocycles. The normalized spacial score (nSPS) is 11.6. The summed E-state index contributed by atoms with van der Waals surface area (Å²) in [6.45, 7) is 0.712. The van der Waals surface area contributed by atoms with E-state index in [4.69, 9.17) is 22.1 Å². The van der Waals surface area contributed by atoms with Gasteiger partial charge in [-0.15, -0.1) is 0 Å². The average Bonchev–Trinajstić information content (AvgIpc) is 2.81. The van der Waals surface area contributed by atoms with Gasteiger partial charge in [0.1, 0.15) is 6.61 Å². The second-order valence-corrected chi connectivity index (χ2v) is 7.86. The van der Waals surface area contributed by atoms with Crippen molar-refractivity contribution in [3.63, 3.8) is 0 Å². The van der Waals surface area contributed by atoms with E-state index in [0.717, 1.165) is 22.4 Å². The highest BCUT2D eigenvalue weighted by atomic mass is 35.5. The van der Waals surface area contributed by atoms with Crippen molar-refractivity contribution in [2.45, 2.75) is 32.0 Å². The maximum absolute atomic E-state index is 12.3. The highest BCUT2D eigenvalue weighted by Gasteiger charge is 2.15. The smallest absolute Gasteiger partial charge is 0.411 e. The second-order valence-electron chi connectivity index (χ2n) is 7.43. The Hall–Kier alpha value is -3.06. The van der Waals surface area contributed by atoms with Gasteiger partial charge in [0.2, 0.25) is 0 Å². The van der Waals surface area contributed by atoms with Crippen LogP contribution in [0.15, 0.2) is 72.8 Å². The van der Waals surface area contributed by atoms with Gasteiger partial charge < -0.3 is 20.9 Å². The summed E-state index contributed by atoms with van der Waals surface area (Å²) in [5, 5.41) is 16.1. The van der Waals surface area contributed by atoms with Crippen LogP contribution in [-0.4, -0.2) is 17.8 Å². The van der Waals surface area contributed by atoms with Gasteiger partial charge >= 0.3 is 6.09 Å². The number of hydrogen-bond donors (Lipinski definition) is 4. The lowest BCUT2D eigenvalue weighted by atomic mass is 10.0. The van der Waals surface area contributed by atoms with Gasteiger partial charge in [-0.1, -0.05) is 54.1 Å². The SMILES string of the molecule is NCc1cccc(N[C@H](CCCO)c2cc(Cl)cc(NC(=O)OCc3ccccc3)c2)c1. The number of nitrogens with one attached hydrogen (secondary N) is 2. The maximum Gasteiger partial charge on any atom is 0.411 e. The van der Waals surface area contributed by atoms with Crippen LogP contribution in [0.5, 0.6) is 0 Å². The summed E-state index contributed by atoms with van der Waals surface area (Å²) < 4.78 is 5.30. The van der Waals surface area contributed by atoms with E-state index >= 15 is 0 Å². The molecule has 0 aromatic heterocycles. The largest absolute Gasteiger partial charge is 0.444 e. The molecule has 1 amide bonds. The number of amides is 1. The van der Waals surface area contributed by atoms with Crippen molar-refractivity contribution in [3.05, 3.63) is 94.5 Å². The molecule has 3 aromatic carbocycles. The number of carbonyl (C=O) groups excluding carboxylic acids is 1. The Kier molecular flexibility index (Phi) is 8.92. The molecule has 0 radical (unpaired) electrons. The van der Waals surface area contributed by atoms with Gasteiger partial charge in [0.05, 0.1) is 6.04 Å². The molecule has 0 fully saturated rings. The fraction of sp³-hybridized carbons (Fsp3) is 0.240. The van der Waals surface area contributed by atoms with Crippen LogP contribution in [0.25, 0.3) is 0 Å². The van der Waals surface area contributed by atoms with Gasteiger partial charge in [-0.05, 0) is 59.9 Å². The van der Waals surface area contributed by atoms with E-state index in [1.807, 2.05) is 66.7 Å². The number of hydrogen-bond acceptors (Lipinski definition) is 5. The Balaban J connectivity index is 1.73. The molecule has 0 unspecified atom stereocenters. The first-order valence-electron chi connectivity index (χ1n) is 10.5. The first kappa shape index (κ1) is 23.6. The molecular formula is C25H28ClN3O3. The summed E-state index contributed by atoms with van der Waals surface area (Å²) in [7, 11) is 0. The molecule has 168 valence electrons. The van der Waals surface area contributed by atoms with Gasteiger partial charge in [0.25, 0.3) is 0 Å². The van der Waals surface area contributed by atoms with Crippen LogP contribution in [-0.2, 0) is 17.9 Å². The maximum atomic E-state index is 12.3. The minimum absolute atomic E-state index is 0.0818. The third kappa shape index (κ3) is 7.27. The zero-order valence-electron chi connectivity index (χ0n) is 17.8. The zero-order chi connectivity index (χ0) is 22.8. The van der Waals surface area contributed by atoms with E-state index in [2.05, 4.69) is 10.6 Å². The first-order valence-corrected chi connectivity index (χ1v) is 10.9. The third-order valence-corrected chi connectivity index (χ3v) is 5.15. The van der Waals surface area contributed by atoms with E-state index in [0.29, 0.717) is 30.1 Å². The van der Waals surface area contributed by atoms with Crippen molar-refractivity contribution in [1.82, 2.24) is 0 Å². The van der Waals surface area contributed by atoms with Gasteiger partial charge in [0.15, 0.2) is 0 Å². The number of halogens is 1. The van der Waals surface area contributed by atoms with Crippen LogP contribution in [0, 0.1) is 0 Å². The molecule has 7 heteroatoms. The average molecular weight is 454 g/mol. The molecule has 0 bridgehead atoms. The monoisotopic (exact) mass is 453 g/mol. The van der Waals surface area contributed by atoms with E-state index in [9.17, 15) is 9.90 Å². The van der Waals surface area contributed by atoms with Crippen LogP contribution in [0.2, 0.25) is 5.02 Å². The predicted molar refractivity (Wildman–Crippen MR) is 129 cm³/mol. The van der Waals surface area contributed by atoms with Crippen molar-refractivity contribution >= 4 is 29.1 Å². The number of ether oxygens (including phenoxy) is 1. The minimum atomic E-state index is -0.558. The summed E-state index contributed by atoms with van der Waals surface area (Å²) in [5.74, 6) is 0. The lowest BCUT2D eigenvalue weighted by Gasteiger charge is -2.22. The molecule has 0 aliphatic rings. The highest BCUT2D eigenvalue weighted by molar-refractivity contribution is 6.31. The molecule has 3 rings (SSSR count). The molecule has 3 aromatic rings. The summed E-state index contributed by atoms with van der Waals surface area (Å²) in [5.41, 5.74) is 10.0. The van der Waals surface area contributed by atoms with Crippen LogP contribution in [0.1, 0.15) is 35.6 Å². The Morgan fingerprint density at radius 3 is 2.53 bits per heavy atom. The van der Waals surface area contributed by atoms with Gasteiger partial charge in [-0.3, -0.25) is 5.32 Å². The van der Waals surface area contributed by atoms with Crippen molar-refractivity contribution in [2.75, 3.05) is 17.2 Å². The van der Waals surface area contributed by atoms with E-state index in [1.165, 1.54) is 0 Å². The van der Waals surface area contributed by atoms with E-state index in [-0.39, 0.29) is 19.3 Å². The summed E-state index contributed by atoms with van der Waals surface area (Å²) in [4.78, 5) is 12.3. The quantitative estimate of drug-likeness (QED) is 0.326. The second kappa shape index (κ2) is 12.1. The van der Waals surface area contributed by atoms with Gasteiger partial charge in [-0.25, -0.2) is 4.79 Å². The third-order valence-electron chi connectivity index (χ3n) is 4.94. The molecule has 0 heterocycles. The van der Waals surface area contributed by atoms with Crippen LogP contribution in [0.3, 0.4) is 0 Å². The standard InChI is InChI=1S/C25H28ClN3O3/c26-21-13-20(24(10-5-11-30)28-22-9-4-8-19(12-22)16-27)14-23(15-21)29-25(31)32-17-18-6-2-1-3-7-18/h1-4,6-9,12-15,24,28,30H,5,10-11,16-17,27H2,(H,29,31)/t24-/m1/s1. The van der Waals surface area contributed by atoms with Crippen molar-refractivity contribution in [2.24, 2.45) is 5.73 Å². The number of nitrogens with two attached hydrogens (primary N) is 1. The Morgan fingerprint density at radius 2 is 1.78 bits per heavy atom. The van der Waals surface area contributed by atoms with Crippen molar-refractivity contribution in [1.29, 1.82) is 0 Å². The molecule has 5 N–H and O–H groups in total. The van der Waals surface area contributed by atoms with Gasteiger partial charge in [-0.2, -0.15) is 0 Å². The fourth-order valence-corrected chi connectivity index (χ4v) is 3.61. The molecular weight excluding hydrogens is 426 g/mol. The number of carbonyl (C=O) groups is 1. The molecule has 32 heavy (non-hydrogen) atoms. The summed E-state index contributed by atoms with van der Waals surface area (Å²) in [6.07, 6.45) is 0.738. The summed E-state index contributed by atoms with van der Waals surface area (Å²) in [6, 6.07) is 22.6. The molecule has 0 aliphatic heterocycles. The molecule has 0 saturated carbocycles. The number of aliphatic hydroxyl groups excluding tert-OH is 1. The number of rotatable bonds is 10. The summed E-state index contributed by atoms with van der Waals surface area (Å²) >= 11 is 6.35. The Labute approximate surface area is 193 Å². The Bertz CT molecular complexity index is 1010. The molecule has 0 spiro atoms. The predicted octanol–water partition coefficient (Wildman–Crippen LogP) is 5.47. The number of anilines is 2. The van der Waals surface area contributed by atoms with Gasteiger partial charge in [0, 0.05) is 29.5 Å².